The maximum Gasteiger partial charge on any atom is 0.257 e. The van der Waals surface area contributed by atoms with Gasteiger partial charge in [-0.15, -0.1) is 10.2 Å². The quantitative estimate of drug-likeness (QED) is 0.852. The first-order chi connectivity index (χ1) is 8.49. The van der Waals surface area contributed by atoms with Gasteiger partial charge >= 0.3 is 0 Å². The maximum absolute atomic E-state index is 12.2. The lowest BCUT2D eigenvalue weighted by atomic mass is 10.1. The van der Waals surface area contributed by atoms with Crippen LogP contribution in [-0.2, 0) is 0 Å². The van der Waals surface area contributed by atoms with Crippen molar-refractivity contribution in [2.24, 2.45) is 5.92 Å². The molecule has 0 saturated carbocycles. The Morgan fingerprint density at radius 1 is 1.56 bits per heavy atom. The summed E-state index contributed by atoms with van der Waals surface area (Å²) in [5, 5.41) is 16.0. The number of rotatable bonds is 4. The number of hydrogen-bond donors (Lipinski definition) is 0. The molecule has 18 heavy (non-hydrogen) atoms. The number of halogens is 2. The van der Waals surface area contributed by atoms with E-state index in [4.69, 9.17) is 28.5 Å². The van der Waals surface area contributed by atoms with Crippen molar-refractivity contribution in [2.45, 2.75) is 13.8 Å². The fourth-order valence-electron chi connectivity index (χ4n) is 1.40. The van der Waals surface area contributed by atoms with Crippen molar-refractivity contribution in [3.63, 3.8) is 0 Å². The number of carbonyl (C=O) groups is 1. The predicted molar refractivity (Wildman–Crippen MR) is 68.4 cm³/mol. The number of amides is 1. The summed E-state index contributed by atoms with van der Waals surface area (Å²) in [4.78, 5) is 13.7. The highest BCUT2D eigenvalue weighted by Gasteiger charge is 2.20. The Labute approximate surface area is 115 Å². The van der Waals surface area contributed by atoms with Crippen LogP contribution in [0.5, 0.6) is 0 Å². The summed E-state index contributed by atoms with van der Waals surface area (Å²) in [6.45, 7) is 4.38. The molecule has 0 fully saturated rings. The van der Waals surface area contributed by atoms with Gasteiger partial charge in [0.1, 0.15) is 0 Å². The number of hydrogen-bond acceptors (Lipinski definition) is 4. The molecule has 7 heteroatoms. The van der Waals surface area contributed by atoms with Crippen LogP contribution < -0.4 is 0 Å². The Bertz CT molecular complexity index is 486. The van der Waals surface area contributed by atoms with Gasteiger partial charge in [-0.25, -0.2) is 0 Å². The lowest BCUT2D eigenvalue weighted by molar-refractivity contribution is 0.0752. The maximum atomic E-state index is 12.2. The zero-order chi connectivity index (χ0) is 13.7. The van der Waals surface area contributed by atoms with Gasteiger partial charge in [-0.2, -0.15) is 5.26 Å². The van der Waals surface area contributed by atoms with E-state index in [2.05, 4.69) is 16.3 Å². The Kier molecular flexibility index (Phi) is 5.32. The molecule has 1 aromatic heterocycles. The highest BCUT2D eigenvalue weighted by molar-refractivity contribution is 6.34. The summed E-state index contributed by atoms with van der Waals surface area (Å²) < 4.78 is 0. The van der Waals surface area contributed by atoms with Crippen molar-refractivity contribution in [3.05, 3.63) is 21.9 Å². The standard InChI is InChI=1S/C11H12Cl2N4O/c1-3-17(6-7(2)5-14)11(18)8-4-9(12)15-16-10(8)13/h4,7H,3,6H2,1-2H3. The van der Waals surface area contributed by atoms with Gasteiger partial charge in [-0.1, -0.05) is 23.2 Å². The van der Waals surface area contributed by atoms with E-state index in [0.717, 1.165) is 0 Å². The molecule has 1 rings (SSSR count). The smallest absolute Gasteiger partial charge is 0.257 e. The Hall–Kier alpha value is -1.38. The Balaban J connectivity index is 2.97. The van der Waals surface area contributed by atoms with Crippen LogP contribution in [0.1, 0.15) is 24.2 Å². The molecular formula is C11H12Cl2N4O. The summed E-state index contributed by atoms with van der Waals surface area (Å²) >= 11 is 11.5. The van der Waals surface area contributed by atoms with Gasteiger partial charge in [0.2, 0.25) is 0 Å². The predicted octanol–water partition coefficient (Wildman–Crippen LogP) is 2.41. The average Bonchev–Trinajstić information content (AvgIpc) is 2.37. The topological polar surface area (TPSA) is 69.9 Å². The first-order valence-electron chi connectivity index (χ1n) is 5.37. The van der Waals surface area contributed by atoms with Gasteiger partial charge in [0.05, 0.1) is 17.6 Å². The molecule has 1 aromatic rings. The molecule has 0 radical (unpaired) electrons. The van der Waals surface area contributed by atoms with Crippen molar-refractivity contribution < 1.29 is 4.79 Å². The summed E-state index contributed by atoms with van der Waals surface area (Å²) in [5.41, 5.74) is 0.198. The molecule has 1 amide bonds. The monoisotopic (exact) mass is 286 g/mol. The number of carbonyl (C=O) groups excluding carboxylic acids is 1. The van der Waals surface area contributed by atoms with Gasteiger partial charge in [0.15, 0.2) is 10.3 Å². The van der Waals surface area contributed by atoms with E-state index in [1.807, 2.05) is 6.92 Å². The highest BCUT2D eigenvalue weighted by Crippen LogP contribution is 2.18. The second kappa shape index (κ2) is 6.53. The minimum Gasteiger partial charge on any atom is -0.338 e. The normalized spacial score (nSPS) is 11.7. The molecule has 1 unspecified atom stereocenters. The molecule has 1 heterocycles. The Morgan fingerprint density at radius 2 is 2.22 bits per heavy atom. The molecule has 1 atom stereocenters. The third-order valence-corrected chi connectivity index (χ3v) is 2.80. The highest BCUT2D eigenvalue weighted by atomic mass is 35.5. The lowest BCUT2D eigenvalue weighted by Crippen LogP contribution is -2.34. The largest absolute Gasteiger partial charge is 0.338 e. The molecule has 0 aliphatic rings. The van der Waals surface area contributed by atoms with Crippen LogP contribution in [0.2, 0.25) is 10.3 Å². The van der Waals surface area contributed by atoms with Gasteiger partial charge in [0.25, 0.3) is 5.91 Å². The summed E-state index contributed by atoms with van der Waals surface area (Å²) in [6, 6.07) is 3.46. The van der Waals surface area contributed by atoms with Crippen molar-refractivity contribution in [3.8, 4) is 6.07 Å². The first kappa shape index (κ1) is 14.7. The van der Waals surface area contributed by atoms with E-state index >= 15 is 0 Å². The van der Waals surface area contributed by atoms with E-state index in [9.17, 15) is 4.79 Å². The van der Waals surface area contributed by atoms with Crippen LogP contribution >= 0.6 is 23.2 Å². The SMILES string of the molecule is CCN(CC(C)C#N)C(=O)c1cc(Cl)nnc1Cl. The van der Waals surface area contributed by atoms with Crippen LogP contribution in [0.25, 0.3) is 0 Å². The molecular weight excluding hydrogens is 275 g/mol. The molecule has 0 spiro atoms. The molecule has 0 aliphatic heterocycles. The van der Waals surface area contributed by atoms with Crippen molar-refractivity contribution in [1.82, 2.24) is 15.1 Å². The van der Waals surface area contributed by atoms with Crippen LogP contribution in [-0.4, -0.2) is 34.1 Å². The van der Waals surface area contributed by atoms with E-state index in [1.54, 1.807) is 6.92 Å². The number of nitrogens with zero attached hydrogens (tertiary/aromatic N) is 4. The zero-order valence-corrected chi connectivity index (χ0v) is 11.5. The zero-order valence-electron chi connectivity index (χ0n) is 10.0. The third kappa shape index (κ3) is 3.56. The van der Waals surface area contributed by atoms with Crippen LogP contribution in [0, 0.1) is 17.2 Å². The Morgan fingerprint density at radius 3 is 2.78 bits per heavy atom. The van der Waals surface area contributed by atoms with Gasteiger partial charge in [-0.3, -0.25) is 4.79 Å². The van der Waals surface area contributed by atoms with E-state index in [-0.39, 0.29) is 27.7 Å². The van der Waals surface area contributed by atoms with Crippen molar-refractivity contribution in [2.75, 3.05) is 13.1 Å². The van der Waals surface area contributed by atoms with E-state index in [0.29, 0.717) is 13.1 Å². The van der Waals surface area contributed by atoms with Gasteiger partial charge in [0, 0.05) is 13.1 Å². The van der Waals surface area contributed by atoms with E-state index in [1.165, 1.54) is 11.0 Å². The van der Waals surface area contributed by atoms with Gasteiger partial charge < -0.3 is 4.90 Å². The summed E-state index contributed by atoms with van der Waals surface area (Å²) in [5.74, 6) is -0.556. The second-order valence-corrected chi connectivity index (χ2v) is 4.49. The minimum absolute atomic E-state index is 0.00691. The molecule has 96 valence electrons. The van der Waals surface area contributed by atoms with Crippen LogP contribution in [0.4, 0.5) is 0 Å². The lowest BCUT2D eigenvalue weighted by Gasteiger charge is -2.22. The minimum atomic E-state index is -0.304. The molecule has 0 aromatic carbocycles. The van der Waals surface area contributed by atoms with Crippen molar-refractivity contribution in [1.29, 1.82) is 5.26 Å². The van der Waals surface area contributed by atoms with Crippen LogP contribution in [0.3, 0.4) is 0 Å². The fourth-order valence-corrected chi connectivity index (χ4v) is 1.72. The molecule has 5 nitrogen and oxygen atoms in total. The summed E-state index contributed by atoms with van der Waals surface area (Å²) in [7, 11) is 0. The molecule has 0 N–H and O–H groups in total. The average molecular weight is 287 g/mol. The number of aromatic nitrogens is 2. The van der Waals surface area contributed by atoms with E-state index < -0.39 is 0 Å². The van der Waals surface area contributed by atoms with Gasteiger partial charge in [-0.05, 0) is 19.9 Å². The molecule has 0 bridgehead atoms. The van der Waals surface area contributed by atoms with Crippen molar-refractivity contribution >= 4 is 29.1 Å². The van der Waals surface area contributed by atoms with Crippen LogP contribution in [0.15, 0.2) is 6.07 Å². The molecule has 0 aliphatic carbocycles. The second-order valence-electron chi connectivity index (χ2n) is 3.75. The summed E-state index contributed by atoms with van der Waals surface area (Å²) in [6.07, 6.45) is 0. The fraction of sp³-hybridized carbons (Fsp3) is 0.455. The first-order valence-corrected chi connectivity index (χ1v) is 6.12. The number of nitriles is 1. The molecule has 0 saturated heterocycles. The third-order valence-electron chi connectivity index (χ3n) is 2.33.